The zero-order valence-electron chi connectivity index (χ0n) is 8.51. The van der Waals surface area contributed by atoms with E-state index in [1.807, 2.05) is 6.07 Å². The highest BCUT2D eigenvalue weighted by molar-refractivity contribution is 5.22. The molecule has 1 atom stereocenters. The Morgan fingerprint density at radius 3 is 2.07 bits per heavy atom. The zero-order chi connectivity index (χ0) is 11.5. The van der Waals surface area contributed by atoms with Crippen molar-refractivity contribution in [3.63, 3.8) is 0 Å². The Balaban J connectivity index is 2.68. The minimum Gasteiger partial charge on any atom is -0.322 e. The van der Waals surface area contributed by atoms with Crippen LogP contribution in [0.25, 0.3) is 0 Å². The summed E-state index contributed by atoms with van der Waals surface area (Å²) in [5.41, 5.74) is 5.66. The number of rotatable bonds is 3. The van der Waals surface area contributed by atoms with E-state index < -0.39 is 18.1 Å². The van der Waals surface area contributed by atoms with Crippen LogP contribution in [0, 0.1) is 0 Å². The van der Waals surface area contributed by atoms with Crippen LogP contribution in [0.3, 0.4) is 0 Å². The smallest absolute Gasteiger partial charge is 0.322 e. The highest BCUT2D eigenvalue weighted by Gasteiger charge is 2.31. The van der Waals surface area contributed by atoms with E-state index in [9.17, 15) is 13.2 Å². The van der Waals surface area contributed by atoms with Crippen molar-refractivity contribution >= 4 is 0 Å². The standard InChI is InChI=1S/C11H14F3N/c1-10(15,7-8-11(12,13)14)9-5-3-2-4-6-9/h2-6H,7-8,15H2,1H3. The molecule has 1 aromatic carbocycles. The van der Waals surface area contributed by atoms with Crippen molar-refractivity contribution in [2.24, 2.45) is 5.73 Å². The summed E-state index contributed by atoms with van der Waals surface area (Å²) < 4.78 is 36.1. The van der Waals surface area contributed by atoms with E-state index in [0.717, 1.165) is 5.56 Å². The minimum atomic E-state index is -4.14. The Morgan fingerprint density at radius 2 is 1.60 bits per heavy atom. The summed E-state index contributed by atoms with van der Waals surface area (Å²) in [6.45, 7) is 1.62. The lowest BCUT2D eigenvalue weighted by Gasteiger charge is -2.25. The first kappa shape index (κ1) is 12.0. The molecule has 0 saturated carbocycles. The van der Waals surface area contributed by atoms with Crippen LogP contribution in [0.1, 0.15) is 25.3 Å². The van der Waals surface area contributed by atoms with Crippen LogP contribution in [-0.2, 0) is 5.54 Å². The van der Waals surface area contributed by atoms with Gasteiger partial charge in [0.05, 0.1) is 0 Å². The van der Waals surface area contributed by atoms with E-state index in [1.165, 1.54) is 0 Å². The summed E-state index contributed by atoms with van der Waals surface area (Å²) in [5.74, 6) is 0. The summed E-state index contributed by atoms with van der Waals surface area (Å²) in [4.78, 5) is 0. The van der Waals surface area contributed by atoms with Crippen molar-refractivity contribution in [3.05, 3.63) is 35.9 Å². The van der Waals surface area contributed by atoms with Crippen molar-refractivity contribution in [1.82, 2.24) is 0 Å². The maximum absolute atomic E-state index is 12.0. The van der Waals surface area contributed by atoms with Crippen molar-refractivity contribution in [1.29, 1.82) is 0 Å². The van der Waals surface area contributed by atoms with Gasteiger partial charge in [0.1, 0.15) is 0 Å². The molecule has 2 N–H and O–H groups in total. The van der Waals surface area contributed by atoms with Crippen LogP contribution < -0.4 is 5.73 Å². The highest BCUT2D eigenvalue weighted by Crippen LogP contribution is 2.29. The fraction of sp³-hybridized carbons (Fsp3) is 0.455. The molecule has 0 radical (unpaired) electrons. The molecule has 1 nitrogen and oxygen atoms in total. The molecule has 1 aromatic rings. The summed E-state index contributed by atoms with van der Waals surface area (Å²) in [5, 5.41) is 0. The Morgan fingerprint density at radius 1 is 1.07 bits per heavy atom. The molecule has 0 spiro atoms. The average molecular weight is 217 g/mol. The van der Waals surface area contributed by atoms with Crippen LogP contribution in [0.5, 0.6) is 0 Å². The maximum atomic E-state index is 12.0. The fourth-order valence-electron chi connectivity index (χ4n) is 1.36. The topological polar surface area (TPSA) is 26.0 Å². The van der Waals surface area contributed by atoms with E-state index in [-0.39, 0.29) is 6.42 Å². The molecule has 0 heterocycles. The summed E-state index contributed by atoms with van der Waals surface area (Å²) in [6.07, 6.45) is -5.09. The van der Waals surface area contributed by atoms with Gasteiger partial charge in [0.25, 0.3) is 0 Å². The molecule has 0 aliphatic carbocycles. The van der Waals surface area contributed by atoms with Crippen LogP contribution >= 0.6 is 0 Å². The quantitative estimate of drug-likeness (QED) is 0.826. The highest BCUT2D eigenvalue weighted by atomic mass is 19.4. The average Bonchev–Trinajstić information content (AvgIpc) is 2.16. The van der Waals surface area contributed by atoms with Crippen LogP contribution in [-0.4, -0.2) is 6.18 Å². The normalized spacial score (nSPS) is 16.1. The molecular formula is C11H14F3N. The van der Waals surface area contributed by atoms with E-state index in [1.54, 1.807) is 31.2 Å². The largest absolute Gasteiger partial charge is 0.389 e. The summed E-state index contributed by atoms with van der Waals surface area (Å²) >= 11 is 0. The molecule has 0 saturated heterocycles. The Bertz CT molecular complexity index is 303. The molecule has 84 valence electrons. The van der Waals surface area contributed by atoms with Gasteiger partial charge in [-0.15, -0.1) is 0 Å². The number of halogens is 3. The monoisotopic (exact) mass is 217 g/mol. The lowest BCUT2D eigenvalue weighted by molar-refractivity contribution is -0.138. The maximum Gasteiger partial charge on any atom is 0.389 e. The van der Waals surface area contributed by atoms with Gasteiger partial charge in [-0.3, -0.25) is 0 Å². The molecule has 0 amide bonds. The molecule has 0 aromatic heterocycles. The molecule has 1 rings (SSSR count). The first-order valence-corrected chi connectivity index (χ1v) is 4.72. The van der Waals surface area contributed by atoms with Crippen molar-refractivity contribution < 1.29 is 13.2 Å². The number of alkyl halides is 3. The molecule has 0 aliphatic heterocycles. The molecule has 0 bridgehead atoms. The number of nitrogens with two attached hydrogens (primary N) is 1. The second kappa shape index (κ2) is 4.23. The molecule has 1 unspecified atom stereocenters. The molecule has 0 fully saturated rings. The van der Waals surface area contributed by atoms with Gasteiger partial charge in [0.2, 0.25) is 0 Å². The van der Waals surface area contributed by atoms with Crippen molar-refractivity contribution in [2.45, 2.75) is 31.5 Å². The van der Waals surface area contributed by atoms with Gasteiger partial charge in [0.15, 0.2) is 0 Å². The number of benzene rings is 1. The third-order valence-electron chi connectivity index (χ3n) is 2.36. The van der Waals surface area contributed by atoms with E-state index in [0.29, 0.717) is 0 Å². The van der Waals surface area contributed by atoms with Gasteiger partial charge in [0, 0.05) is 12.0 Å². The third kappa shape index (κ3) is 3.91. The SMILES string of the molecule is CC(N)(CCC(F)(F)F)c1ccccc1. The van der Waals surface area contributed by atoms with Gasteiger partial charge < -0.3 is 5.73 Å². The van der Waals surface area contributed by atoms with Crippen LogP contribution in [0.15, 0.2) is 30.3 Å². The molecular weight excluding hydrogens is 203 g/mol. The van der Waals surface area contributed by atoms with Gasteiger partial charge in [-0.05, 0) is 18.9 Å². The first-order valence-electron chi connectivity index (χ1n) is 4.72. The fourth-order valence-corrected chi connectivity index (χ4v) is 1.36. The predicted octanol–water partition coefficient (Wildman–Crippen LogP) is 3.20. The van der Waals surface area contributed by atoms with Crippen LogP contribution in [0.2, 0.25) is 0 Å². The number of hydrogen-bond donors (Lipinski definition) is 1. The lowest BCUT2D eigenvalue weighted by Crippen LogP contribution is -2.34. The lowest BCUT2D eigenvalue weighted by atomic mass is 9.88. The second-order valence-corrected chi connectivity index (χ2v) is 3.90. The van der Waals surface area contributed by atoms with Crippen LogP contribution in [0.4, 0.5) is 13.2 Å². The molecule has 15 heavy (non-hydrogen) atoms. The summed E-state index contributed by atoms with van der Waals surface area (Å²) in [7, 11) is 0. The molecule has 4 heteroatoms. The van der Waals surface area contributed by atoms with Gasteiger partial charge >= 0.3 is 6.18 Å². The minimum absolute atomic E-state index is 0.0967. The Kier molecular flexibility index (Phi) is 3.39. The van der Waals surface area contributed by atoms with E-state index >= 15 is 0 Å². The second-order valence-electron chi connectivity index (χ2n) is 3.90. The predicted molar refractivity (Wildman–Crippen MR) is 53.3 cm³/mol. The molecule has 0 aliphatic rings. The van der Waals surface area contributed by atoms with E-state index in [2.05, 4.69) is 0 Å². The van der Waals surface area contributed by atoms with Gasteiger partial charge in [-0.2, -0.15) is 13.2 Å². The van der Waals surface area contributed by atoms with E-state index in [4.69, 9.17) is 5.73 Å². The van der Waals surface area contributed by atoms with Crippen molar-refractivity contribution in [2.75, 3.05) is 0 Å². The number of hydrogen-bond acceptors (Lipinski definition) is 1. The first-order chi connectivity index (χ1) is 6.81. The Labute approximate surface area is 87.1 Å². The van der Waals surface area contributed by atoms with Gasteiger partial charge in [-0.25, -0.2) is 0 Å². The van der Waals surface area contributed by atoms with Crippen molar-refractivity contribution in [3.8, 4) is 0 Å². The Hall–Kier alpha value is -1.03. The summed E-state index contributed by atoms with van der Waals surface area (Å²) in [6, 6.07) is 8.85. The zero-order valence-corrected chi connectivity index (χ0v) is 8.51. The third-order valence-corrected chi connectivity index (χ3v) is 2.36. The van der Waals surface area contributed by atoms with Gasteiger partial charge in [-0.1, -0.05) is 30.3 Å².